The van der Waals surface area contributed by atoms with Gasteiger partial charge in [-0.3, -0.25) is 0 Å². The molecule has 3 heteroatoms. The molecular weight excluding hydrogens is 227 g/mol. The van der Waals surface area contributed by atoms with E-state index in [1.165, 1.54) is 38.8 Å². The summed E-state index contributed by atoms with van der Waals surface area (Å²) >= 11 is 0. The zero-order chi connectivity index (χ0) is 12.5. The lowest BCUT2D eigenvalue weighted by Crippen LogP contribution is -3.15. The highest BCUT2D eigenvalue weighted by atomic mass is 19.1. The first-order chi connectivity index (χ1) is 8.74. The molecule has 0 amide bonds. The van der Waals surface area contributed by atoms with Crippen LogP contribution in [0.5, 0.6) is 0 Å². The van der Waals surface area contributed by atoms with Gasteiger partial charge in [0.1, 0.15) is 12.3 Å². The maximum atomic E-state index is 13.5. The molecule has 1 saturated carbocycles. The molecule has 2 saturated heterocycles. The molecule has 0 aromatic rings. The second kappa shape index (κ2) is 5.46. The van der Waals surface area contributed by atoms with Gasteiger partial charge in [-0.05, 0) is 44.9 Å². The molecule has 0 spiro atoms. The van der Waals surface area contributed by atoms with Gasteiger partial charge in [-0.15, -0.1) is 0 Å². The number of fused-ring (bicyclic) bond motifs is 1. The Kier molecular flexibility index (Phi) is 3.90. The number of quaternary nitrogens is 1. The molecule has 104 valence electrons. The van der Waals surface area contributed by atoms with Crippen LogP contribution in [0.25, 0.3) is 0 Å². The summed E-state index contributed by atoms with van der Waals surface area (Å²) < 4.78 is 13.5. The molecule has 0 aromatic carbocycles. The van der Waals surface area contributed by atoms with Gasteiger partial charge in [0.05, 0.1) is 19.1 Å². The minimum atomic E-state index is -0.517. The summed E-state index contributed by atoms with van der Waals surface area (Å²) in [6.45, 7) is 6.22. The fraction of sp³-hybridized carbons (Fsp3) is 1.00. The van der Waals surface area contributed by atoms with E-state index in [9.17, 15) is 4.39 Å². The quantitative estimate of drug-likeness (QED) is 0.788. The molecule has 2 heterocycles. The van der Waals surface area contributed by atoms with E-state index >= 15 is 0 Å². The molecule has 0 bridgehead atoms. The van der Waals surface area contributed by atoms with E-state index < -0.39 is 6.17 Å². The molecule has 3 rings (SSSR count). The van der Waals surface area contributed by atoms with Crippen molar-refractivity contribution in [3.63, 3.8) is 0 Å². The molecule has 0 aromatic heterocycles. The lowest BCUT2D eigenvalue weighted by atomic mass is 9.87. The molecule has 3 aliphatic rings. The lowest BCUT2D eigenvalue weighted by Gasteiger charge is -2.35. The van der Waals surface area contributed by atoms with Crippen molar-refractivity contribution >= 4 is 0 Å². The van der Waals surface area contributed by atoms with E-state index in [-0.39, 0.29) is 0 Å². The number of halogens is 1. The van der Waals surface area contributed by atoms with Gasteiger partial charge in [-0.1, -0.05) is 6.42 Å². The van der Waals surface area contributed by atoms with Gasteiger partial charge in [0, 0.05) is 13.0 Å². The Balaban J connectivity index is 1.60. The highest BCUT2D eigenvalue weighted by Crippen LogP contribution is 2.29. The highest BCUT2D eigenvalue weighted by Gasteiger charge is 2.42. The number of alkyl halides is 1. The first kappa shape index (κ1) is 12.9. The number of hydrogen-bond donors (Lipinski definition) is 1. The topological polar surface area (TPSA) is 7.68 Å². The maximum absolute atomic E-state index is 13.5. The van der Waals surface area contributed by atoms with E-state index in [0.29, 0.717) is 12.0 Å². The van der Waals surface area contributed by atoms with Crippen molar-refractivity contribution in [3.8, 4) is 0 Å². The van der Waals surface area contributed by atoms with E-state index in [4.69, 9.17) is 0 Å². The Labute approximate surface area is 111 Å². The Hall–Kier alpha value is -0.150. The average molecular weight is 255 g/mol. The van der Waals surface area contributed by atoms with Crippen molar-refractivity contribution in [3.05, 3.63) is 0 Å². The van der Waals surface area contributed by atoms with Gasteiger partial charge in [-0.25, -0.2) is 9.29 Å². The molecule has 18 heavy (non-hydrogen) atoms. The second-order valence-electron chi connectivity index (χ2n) is 6.80. The summed E-state index contributed by atoms with van der Waals surface area (Å²) in [5.74, 6) is 0.623. The number of hydrogen-bond acceptors (Lipinski definition) is 1. The Morgan fingerprint density at radius 1 is 1.17 bits per heavy atom. The summed E-state index contributed by atoms with van der Waals surface area (Å²) in [7, 11) is 0. The third-order valence-corrected chi connectivity index (χ3v) is 5.41. The van der Waals surface area contributed by atoms with Gasteiger partial charge in [0.25, 0.3) is 0 Å². The van der Waals surface area contributed by atoms with Crippen molar-refractivity contribution in [2.75, 3.05) is 19.6 Å². The monoisotopic (exact) mass is 255 g/mol. The maximum Gasteiger partial charge on any atom is 0.144 e. The van der Waals surface area contributed by atoms with Crippen LogP contribution in [0.4, 0.5) is 4.39 Å². The van der Waals surface area contributed by atoms with Gasteiger partial charge in [0.2, 0.25) is 0 Å². The van der Waals surface area contributed by atoms with Crippen LogP contribution in [0, 0.1) is 5.92 Å². The molecule has 1 aliphatic carbocycles. The molecule has 2 nitrogen and oxygen atoms in total. The molecule has 5 atom stereocenters. The Bertz CT molecular complexity index is 284. The van der Waals surface area contributed by atoms with Crippen LogP contribution in [0.2, 0.25) is 0 Å². The van der Waals surface area contributed by atoms with Crippen LogP contribution in [-0.4, -0.2) is 42.9 Å². The number of nitrogens with one attached hydrogen (secondary N) is 1. The fourth-order valence-electron chi connectivity index (χ4n) is 4.50. The second-order valence-corrected chi connectivity index (χ2v) is 6.80. The fourth-order valence-corrected chi connectivity index (χ4v) is 4.50. The summed E-state index contributed by atoms with van der Waals surface area (Å²) in [5.41, 5.74) is 0. The van der Waals surface area contributed by atoms with E-state index in [1.807, 2.05) is 0 Å². The minimum Gasteiger partial charge on any atom is -0.319 e. The Morgan fingerprint density at radius 2 is 2.06 bits per heavy atom. The van der Waals surface area contributed by atoms with Crippen LogP contribution in [0.3, 0.4) is 0 Å². The normalized spacial score (nSPS) is 46.0. The van der Waals surface area contributed by atoms with Crippen molar-refractivity contribution in [1.82, 2.24) is 4.90 Å². The summed E-state index contributed by atoms with van der Waals surface area (Å²) in [6.07, 6.45) is 8.41. The predicted octanol–water partition coefficient (Wildman–Crippen LogP) is 1.61. The summed E-state index contributed by atoms with van der Waals surface area (Å²) in [5, 5.41) is 0. The predicted molar refractivity (Wildman–Crippen MR) is 71.4 cm³/mol. The smallest absolute Gasteiger partial charge is 0.144 e. The van der Waals surface area contributed by atoms with Gasteiger partial charge < -0.3 is 4.90 Å². The van der Waals surface area contributed by atoms with Crippen molar-refractivity contribution in [1.29, 1.82) is 0 Å². The lowest BCUT2D eigenvalue weighted by molar-refractivity contribution is -0.924. The minimum absolute atomic E-state index is 0.517. The van der Waals surface area contributed by atoms with Crippen molar-refractivity contribution < 1.29 is 9.29 Å². The first-order valence-electron chi connectivity index (χ1n) is 7.98. The molecule has 1 N–H and O–H groups in total. The average Bonchev–Trinajstić information content (AvgIpc) is 2.66. The van der Waals surface area contributed by atoms with Crippen molar-refractivity contribution in [2.45, 2.75) is 70.2 Å². The molecule has 5 unspecified atom stereocenters. The standard InChI is InChI=1S/C15H27FN2/c1-12-10-17-8-3-2-7-15(17)18(12)11-13-5-4-6-14(16)9-13/h12-15H,2-11H2,1H3/p+1. The number of nitrogens with zero attached hydrogens (tertiary/aromatic N) is 1. The third kappa shape index (κ3) is 2.57. The van der Waals surface area contributed by atoms with Crippen LogP contribution < -0.4 is 4.90 Å². The van der Waals surface area contributed by atoms with E-state index in [0.717, 1.165) is 32.0 Å². The summed E-state index contributed by atoms with van der Waals surface area (Å²) in [4.78, 5) is 4.53. The molecule has 0 radical (unpaired) electrons. The highest BCUT2D eigenvalue weighted by molar-refractivity contribution is 4.82. The molecule has 3 fully saturated rings. The van der Waals surface area contributed by atoms with E-state index in [2.05, 4.69) is 11.8 Å². The molecular formula is C15H28FN2+. The van der Waals surface area contributed by atoms with E-state index in [1.54, 1.807) is 4.90 Å². The third-order valence-electron chi connectivity index (χ3n) is 5.41. The van der Waals surface area contributed by atoms with Gasteiger partial charge in [0.15, 0.2) is 0 Å². The SMILES string of the molecule is CC1C[NH+]2CCCCC2N1CC1CCCC(F)C1. The van der Waals surface area contributed by atoms with Gasteiger partial charge in [-0.2, -0.15) is 0 Å². The van der Waals surface area contributed by atoms with Crippen LogP contribution in [-0.2, 0) is 0 Å². The zero-order valence-corrected chi connectivity index (χ0v) is 11.7. The van der Waals surface area contributed by atoms with Crippen LogP contribution >= 0.6 is 0 Å². The largest absolute Gasteiger partial charge is 0.319 e. The van der Waals surface area contributed by atoms with Crippen LogP contribution in [0.1, 0.15) is 51.9 Å². The first-order valence-corrected chi connectivity index (χ1v) is 7.98. The Morgan fingerprint density at radius 3 is 2.89 bits per heavy atom. The van der Waals surface area contributed by atoms with Crippen LogP contribution in [0.15, 0.2) is 0 Å². The number of piperidine rings is 1. The summed E-state index contributed by atoms with van der Waals surface area (Å²) in [6, 6.07) is 0.711. The number of rotatable bonds is 2. The van der Waals surface area contributed by atoms with Crippen molar-refractivity contribution in [2.24, 2.45) is 5.92 Å². The molecule has 2 aliphatic heterocycles. The van der Waals surface area contributed by atoms with Gasteiger partial charge >= 0.3 is 0 Å². The zero-order valence-electron chi connectivity index (χ0n) is 11.7.